The first-order valence-electron chi connectivity index (χ1n) is 4.21. The predicted molar refractivity (Wildman–Crippen MR) is 60.6 cm³/mol. The molecule has 1 aromatic heterocycles. The third-order valence-electron chi connectivity index (χ3n) is 2.01. The van der Waals surface area contributed by atoms with Gasteiger partial charge in [-0.05, 0) is 25.1 Å². The molecule has 1 saturated heterocycles. The van der Waals surface area contributed by atoms with E-state index in [1.165, 1.54) is 6.42 Å². The second-order valence-corrected chi connectivity index (χ2v) is 2.94. The van der Waals surface area contributed by atoms with Crippen molar-refractivity contribution >= 4 is 24.8 Å². The van der Waals surface area contributed by atoms with Gasteiger partial charge in [-0.3, -0.25) is 4.98 Å². The van der Waals surface area contributed by atoms with Crippen LogP contribution in [0.4, 0.5) is 0 Å². The van der Waals surface area contributed by atoms with E-state index in [4.69, 9.17) is 4.74 Å². The average molecular weight is 237 g/mol. The van der Waals surface area contributed by atoms with Crippen LogP contribution in [0, 0.1) is 0 Å². The number of aromatic nitrogens is 1. The molecule has 3 nitrogen and oxygen atoms in total. The van der Waals surface area contributed by atoms with Crippen molar-refractivity contribution in [1.29, 1.82) is 0 Å². The van der Waals surface area contributed by atoms with Crippen LogP contribution in [0.5, 0.6) is 5.75 Å². The SMILES string of the molecule is Cl.Cl.c1cncc(OCC2CCN2)c1. The Bertz CT molecular complexity index is 242. The minimum Gasteiger partial charge on any atom is -0.490 e. The normalized spacial score (nSPS) is 18.4. The number of hydrogen-bond donors (Lipinski definition) is 1. The van der Waals surface area contributed by atoms with Crippen LogP contribution in [-0.2, 0) is 0 Å². The van der Waals surface area contributed by atoms with E-state index in [9.17, 15) is 0 Å². The summed E-state index contributed by atoms with van der Waals surface area (Å²) >= 11 is 0. The molecule has 2 heterocycles. The van der Waals surface area contributed by atoms with E-state index >= 15 is 0 Å². The van der Waals surface area contributed by atoms with Crippen LogP contribution in [0.2, 0.25) is 0 Å². The molecule has 0 spiro atoms. The van der Waals surface area contributed by atoms with E-state index in [0.29, 0.717) is 6.04 Å². The van der Waals surface area contributed by atoms with E-state index in [1.807, 2.05) is 12.1 Å². The maximum Gasteiger partial charge on any atom is 0.137 e. The van der Waals surface area contributed by atoms with Gasteiger partial charge in [0.05, 0.1) is 6.20 Å². The number of ether oxygens (including phenoxy) is 1. The molecule has 0 amide bonds. The summed E-state index contributed by atoms with van der Waals surface area (Å²) < 4.78 is 5.48. The molecule has 0 saturated carbocycles. The van der Waals surface area contributed by atoms with Gasteiger partial charge in [-0.1, -0.05) is 0 Å². The lowest BCUT2D eigenvalue weighted by atomic mass is 10.1. The maximum absolute atomic E-state index is 5.48. The maximum atomic E-state index is 5.48. The average Bonchev–Trinajstić information content (AvgIpc) is 2.04. The number of halogens is 2. The number of hydrogen-bond acceptors (Lipinski definition) is 3. The summed E-state index contributed by atoms with van der Waals surface area (Å²) in [6, 6.07) is 4.35. The summed E-state index contributed by atoms with van der Waals surface area (Å²) in [6.45, 7) is 1.88. The van der Waals surface area contributed by atoms with Gasteiger partial charge in [0, 0.05) is 12.2 Å². The molecule has 0 aromatic carbocycles. The zero-order chi connectivity index (χ0) is 8.23. The molecule has 1 unspecified atom stereocenters. The van der Waals surface area contributed by atoms with Crippen molar-refractivity contribution in [2.24, 2.45) is 0 Å². The third kappa shape index (κ3) is 3.70. The fraction of sp³-hybridized carbons (Fsp3) is 0.444. The highest BCUT2D eigenvalue weighted by Gasteiger charge is 2.16. The van der Waals surface area contributed by atoms with Gasteiger partial charge in [-0.2, -0.15) is 0 Å². The number of pyridine rings is 1. The molecule has 1 aromatic rings. The van der Waals surface area contributed by atoms with Crippen molar-refractivity contribution in [3.8, 4) is 5.75 Å². The summed E-state index contributed by atoms with van der Waals surface area (Å²) in [5, 5.41) is 3.27. The molecule has 1 aliphatic heterocycles. The molecule has 0 radical (unpaired) electrons. The van der Waals surface area contributed by atoms with Gasteiger partial charge in [0.25, 0.3) is 0 Å². The fourth-order valence-corrected chi connectivity index (χ4v) is 1.12. The molecule has 1 atom stereocenters. The van der Waals surface area contributed by atoms with Crippen molar-refractivity contribution in [2.45, 2.75) is 12.5 Å². The lowest BCUT2D eigenvalue weighted by molar-refractivity contribution is 0.217. The molecule has 14 heavy (non-hydrogen) atoms. The van der Waals surface area contributed by atoms with Gasteiger partial charge in [0.1, 0.15) is 12.4 Å². The van der Waals surface area contributed by atoms with Crippen LogP contribution in [0.15, 0.2) is 24.5 Å². The van der Waals surface area contributed by atoms with Crippen molar-refractivity contribution in [3.63, 3.8) is 0 Å². The summed E-state index contributed by atoms with van der Waals surface area (Å²) in [5.41, 5.74) is 0. The van der Waals surface area contributed by atoms with Gasteiger partial charge >= 0.3 is 0 Å². The lowest BCUT2D eigenvalue weighted by Gasteiger charge is -2.27. The molecule has 0 bridgehead atoms. The van der Waals surface area contributed by atoms with Crippen LogP contribution in [0.25, 0.3) is 0 Å². The zero-order valence-corrected chi connectivity index (χ0v) is 9.31. The molecule has 2 rings (SSSR count). The molecule has 0 aliphatic carbocycles. The molecule has 1 aliphatic rings. The quantitative estimate of drug-likeness (QED) is 0.868. The van der Waals surface area contributed by atoms with Gasteiger partial charge in [-0.15, -0.1) is 24.8 Å². The van der Waals surface area contributed by atoms with Crippen molar-refractivity contribution in [3.05, 3.63) is 24.5 Å². The molecule has 5 heteroatoms. The van der Waals surface area contributed by atoms with Crippen molar-refractivity contribution < 1.29 is 4.74 Å². The zero-order valence-electron chi connectivity index (χ0n) is 7.68. The predicted octanol–water partition coefficient (Wildman–Crippen LogP) is 1.67. The first-order valence-corrected chi connectivity index (χ1v) is 4.21. The minimum atomic E-state index is 0. The van der Waals surface area contributed by atoms with Crippen LogP contribution in [0.1, 0.15) is 6.42 Å². The van der Waals surface area contributed by atoms with Gasteiger partial charge < -0.3 is 10.1 Å². The monoisotopic (exact) mass is 236 g/mol. The van der Waals surface area contributed by atoms with Crippen LogP contribution in [0.3, 0.4) is 0 Å². The number of rotatable bonds is 3. The van der Waals surface area contributed by atoms with Gasteiger partial charge in [0.2, 0.25) is 0 Å². The van der Waals surface area contributed by atoms with Crippen LogP contribution >= 0.6 is 24.8 Å². The van der Waals surface area contributed by atoms with Gasteiger partial charge in [-0.25, -0.2) is 0 Å². The summed E-state index contributed by atoms with van der Waals surface area (Å²) in [5.74, 6) is 0.853. The first kappa shape index (κ1) is 13.5. The summed E-state index contributed by atoms with van der Waals surface area (Å²) in [7, 11) is 0. The standard InChI is InChI=1S/C9H12N2O.2ClH/c1-2-9(6-10-4-1)12-7-8-3-5-11-8;;/h1-2,4,6,8,11H,3,5,7H2;2*1H. The minimum absolute atomic E-state index is 0. The summed E-state index contributed by atoms with van der Waals surface area (Å²) in [6.07, 6.45) is 4.70. The van der Waals surface area contributed by atoms with E-state index in [0.717, 1.165) is 18.9 Å². The Labute approximate surface area is 96.1 Å². The number of nitrogens with one attached hydrogen (secondary N) is 1. The highest BCUT2D eigenvalue weighted by Crippen LogP contribution is 2.09. The molecule has 80 valence electrons. The Morgan fingerprint density at radius 1 is 1.50 bits per heavy atom. The van der Waals surface area contributed by atoms with E-state index < -0.39 is 0 Å². The molecule has 1 N–H and O–H groups in total. The van der Waals surface area contributed by atoms with Crippen molar-refractivity contribution in [1.82, 2.24) is 10.3 Å². The third-order valence-corrected chi connectivity index (χ3v) is 2.01. The smallest absolute Gasteiger partial charge is 0.137 e. The molecular weight excluding hydrogens is 223 g/mol. The Hall–Kier alpha value is -0.510. The van der Waals surface area contributed by atoms with Crippen molar-refractivity contribution in [2.75, 3.05) is 13.2 Å². The topological polar surface area (TPSA) is 34.1 Å². The second-order valence-electron chi connectivity index (χ2n) is 2.94. The Kier molecular flexibility index (Phi) is 6.62. The Balaban J connectivity index is 0.000000845. The molecule has 1 fully saturated rings. The number of nitrogens with zero attached hydrogens (tertiary/aromatic N) is 1. The highest BCUT2D eigenvalue weighted by atomic mass is 35.5. The van der Waals surface area contributed by atoms with Gasteiger partial charge in [0.15, 0.2) is 0 Å². The molecular formula is C9H14Cl2N2O. The van der Waals surface area contributed by atoms with Crippen LogP contribution < -0.4 is 10.1 Å². The Morgan fingerprint density at radius 3 is 2.79 bits per heavy atom. The first-order chi connectivity index (χ1) is 5.95. The fourth-order valence-electron chi connectivity index (χ4n) is 1.12. The van der Waals surface area contributed by atoms with Crippen LogP contribution in [-0.4, -0.2) is 24.2 Å². The Morgan fingerprint density at radius 2 is 2.29 bits per heavy atom. The summed E-state index contributed by atoms with van der Waals surface area (Å²) in [4.78, 5) is 3.96. The van der Waals surface area contributed by atoms with E-state index in [-0.39, 0.29) is 24.8 Å². The largest absolute Gasteiger partial charge is 0.490 e. The van der Waals surface area contributed by atoms with E-state index in [1.54, 1.807) is 12.4 Å². The highest BCUT2D eigenvalue weighted by molar-refractivity contribution is 5.85. The second kappa shape index (κ2) is 6.87. The lowest BCUT2D eigenvalue weighted by Crippen LogP contribution is -2.46. The van der Waals surface area contributed by atoms with E-state index in [2.05, 4.69) is 10.3 Å².